The maximum absolute atomic E-state index is 13.4. The molecule has 1 N–H and O–H groups in total. The number of nitrogens with one attached hydrogen (secondary N) is 1. The molecule has 0 bridgehead atoms. The highest BCUT2D eigenvalue weighted by Gasteiger charge is 2.32. The number of sulfone groups is 1. The average Bonchev–Trinajstić information content (AvgIpc) is 3.14. The van der Waals surface area contributed by atoms with Crippen molar-refractivity contribution in [2.24, 2.45) is 0 Å². The van der Waals surface area contributed by atoms with Crippen LogP contribution in [0.3, 0.4) is 0 Å². The normalized spacial score (nSPS) is 16.9. The summed E-state index contributed by atoms with van der Waals surface area (Å²) < 4.78 is 37.6. The second-order valence-corrected chi connectivity index (χ2v) is 7.15. The summed E-state index contributed by atoms with van der Waals surface area (Å²) in [6.07, 6.45) is 1.79. The third-order valence-corrected chi connectivity index (χ3v) is 5.15. The van der Waals surface area contributed by atoms with Gasteiger partial charge in [0.05, 0.1) is 5.75 Å². The van der Waals surface area contributed by atoms with Crippen molar-refractivity contribution < 1.29 is 17.6 Å². The molecule has 1 fully saturated rings. The lowest BCUT2D eigenvalue weighted by Crippen LogP contribution is -2.39. The van der Waals surface area contributed by atoms with E-state index in [0.29, 0.717) is 0 Å². The van der Waals surface area contributed by atoms with Crippen molar-refractivity contribution in [2.75, 3.05) is 0 Å². The van der Waals surface area contributed by atoms with Crippen LogP contribution in [0.15, 0.2) is 24.3 Å². The Morgan fingerprint density at radius 2 is 2.05 bits per heavy atom. The summed E-state index contributed by atoms with van der Waals surface area (Å²) in [6.45, 7) is 1.34. The van der Waals surface area contributed by atoms with Crippen molar-refractivity contribution in [1.29, 1.82) is 0 Å². The molecule has 0 spiro atoms. The van der Waals surface area contributed by atoms with Gasteiger partial charge in [0.15, 0.2) is 9.84 Å². The largest absolute Gasteiger partial charge is 0.352 e. The summed E-state index contributed by atoms with van der Waals surface area (Å²) in [5, 5.41) is 1.49. The van der Waals surface area contributed by atoms with Gasteiger partial charge in [-0.3, -0.25) is 4.79 Å². The predicted octanol–water partition coefficient (Wildman–Crippen LogP) is 1.41. The second-order valence-electron chi connectivity index (χ2n) is 4.82. The van der Waals surface area contributed by atoms with Crippen molar-refractivity contribution in [3.05, 3.63) is 35.6 Å². The Kier molecular flexibility index (Phi) is 3.89. The van der Waals surface area contributed by atoms with Gasteiger partial charge in [0.25, 0.3) is 0 Å². The molecule has 1 atom stereocenters. The maximum Gasteiger partial charge on any atom is 0.238 e. The summed E-state index contributed by atoms with van der Waals surface area (Å²) in [7, 11) is -3.70. The molecule has 0 heterocycles. The molecule has 1 amide bonds. The Balaban J connectivity index is 2.08. The lowest BCUT2D eigenvalue weighted by Gasteiger charge is -2.13. The smallest absolute Gasteiger partial charge is 0.238 e. The van der Waals surface area contributed by atoms with Gasteiger partial charge in [-0.2, -0.15) is 0 Å². The molecule has 19 heavy (non-hydrogen) atoms. The van der Waals surface area contributed by atoms with Crippen LogP contribution in [0.5, 0.6) is 0 Å². The van der Waals surface area contributed by atoms with Crippen LogP contribution in [0.25, 0.3) is 0 Å². The van der Waals surface area contributed by atoms with E-state index >= 15 is 0 Å². The van der Waals surface area contributed by atoms with Gasteiger partial charge in [-0.05, 0) is 25.8 Å². The van der Waals surface area contributed by atoms with Crippen molar-refractivity contribution in [1.82, 2.24) is 5.32 Å². The highest BCUT2D eigenvalue weighted by atomic mass is 32.2. The number of halogens is 1. The third-order valence-electron chi connectivity index (χ3n) is 3.15. The summed E-state index contributed by atoms with van der Waals surface area (Å²) >= 11 is 0. The molecule has 0 saturated heterocycles. The van der Waals surface area contributed by atoms with Gasteiger partial charge in [-0.25, -0.2) is 12.8 Å². The van der Waals surface area contributed by atoms with Crippen LogP contribution < -0.4 is 5.32 Å². The van der Waals surface area contributed by atoms with Crippen LogP contribution >= 0.6 is 0 Å². The van der Waals surface area contributed by atoms with E-state index < -0.39 is 32.6 Å². The number of carbonyl (C=O) groups is 1. The summed E-state index contributed by atoms with van der Waals surface area (Å²) in [5.41, 5.74) is 0.0913. The fourth-order valence-corrected chi connectivity index (χ4v) is 2.98. The first-order valence-corrected chi connectivity index (χ1v) is 7.87. The fourth-order valence-electron chi connectivity index (χ4n) is 1.67. The number of rotatable bonds is 5. The molecule has 1 aromatic carbocycles. The molecule has 6 heteroatoms. The minimum Gasteiger partial charge on any atom is -0.352 e. The van der Waals surface area contributed by atoms with Crippen LogP contribution in [0.4, 0.5) is 4.39 Å². The SMILES string of the molecule is C[C@@H](C(=O)NC1CC1)S(=O)(=O)Cc1ccccc1F. The highest BCUT2D eigenvalue weighted by Crippen LogP contribution is 2.20. The van der Waals surface area contributed by atoms with Gasteiger partial charge < -0.3 is 5.32 Å². The summed E-state index contributed by atoms with van der Waals surface area (Å²) in [5.74, 6) is -1.53. The van der Waals surface area contributed by atoms with Crippen LogP contribution in [0.1, 0.15) is 25.3 Å². The van der Waals surface area contributed by atoms with Gasteiger partial charge in [-0.1, -0.05) is 18.2 Å². The van der Waals surface area contributed by atoms with E-state index in [9.17, 15) is 17.6 Å². The summed E-state index contributed by atoms with van der Waals surface area (Å²) in [4.78, 5) is 11.7. The minimum absolute atomic E-state index is 0.0913. The standard InChI is InChI=1S/C13H16FNO3S/c1-9(13(16)15-11-6-7-11)19(17,18)8-10-4-2-3-5-12(10)14/h2-5,9,11H,6-8H2,1H3,(H,15,16)/t9-/m0/s1. The second kappa shape index (κ2) is 5.28. The zero-order chi connectivity index (χ0) is 14.0. The van der Waals surface area contributed by atoms with Crippen LogP contribution in [0.2, 0.25) is 0 Å². The van der Waals surface area contributed by atoms with Crippen molar-refractivity contribution >= 4 is 15.7 Å². The average molecular weight is 285 g/mol. The molecule has 0 radical (unpaired) electrons. The van der Waals surface area contributed by atoms with E-state index in [4.69, 9.17) is 0 Å². The summed E-state index contributed by atoms with van der Waals surface area (Å²) in [6, 6.07) is 5.80. The van der Waals surface area contributed by atoms with Gasteiger partial charge in [0, 0.05) is 11.6 Å². The highest BCUT2D eigenvalue weighted by molar-refractivity contribution is 7.92. The fraction of sp³-hybridized carbons (Fsp3) is 0.462. The van der Waals surface area contributed by atoms with E-state index in [1.54, 1.807) is 6.07 Å². The molecule has 2 rings (SSSR count). The lowest BCUT2D eigenvalue weighted by atomic mass is 10.2. The Hall–Kier alpha value is -1.43. The van der Waals surface area contributed by atoms with E-state index in [1.807, 2.05) is 0 Å². The van der Waals surface area contributed by atoms with Crippen LogP contribution in [-0.4, -0.2) is 25.6 Å². The first kappa shape index (κ1) is 14.0. The Bertz CT molecular complexity index is 581. The van der Waals surface area contributed by atoms with E-state index in [0.717, 1.165) is 12.8 Å². The Labute approximate surface area is 111 Å². The molecule has 104 valence electrons. The maximum atomic E-state index is 13.4. The van der Waals surface area contributed by atoms with Crippen molar-refractivity contribution in [3.8, 4) is 0 Å². The Morgan fingerprint density at radius 3 is 2.63 bits per heavy atom. The topological polar surface area (TPSA) is 63.2 Å². The molecular formula is C13H16FNO3S. The van der Waals surface area contributed by atoms with Crippen LogP contribution in [0, 0.1) is 5.82 Å². The molecule has 1 saturated carbocycles. The van der Waals surface area contributed by atoms with E-state index in [2.05, 4.69) is 5.32 Å². The number of amides is 1. The molecule has 0 aliphatic heterocycles. The van der Waals surface area contributed by atoms with Crippen LogP contribution in [-0.2, 0) is 20.4 Å². The number of benzene rings is 1. The minimum atomic E-state index is -3.70. The Morgan fingerprint density at radius 1 is 1.42 bits per heavy atom. The molecular weight excluding hydrogens is 269 g/mol. The number of hydrogen-bond donors (Lipinski definition) is 1. The number of hydrogen-bond acceptors (Lipinski definition) is 3. The van der Waals surface area contributed by atoms with Gasteiger partial charge in [0.1, 0.15) is 11.1 Å². The van der Waals surface area contributed by atoms with Gasteiger partial charge >= 0.3 is 0 Å². The van der Waals surface area contributed by atoms with Gasteiger partial charge in [-0.15, -0.1) is 0 Å². The predicted molar refractivity (Wildman–Crippen MR) is 69.7 cm³/mol. The lowest BCUT2D eigenvalue weighted by molar-refractivity contribution is -0.120. The zero-order valence-electron chi connectivity index (χ0n) is 10.6. The molecule has 4 nitrogen and oxygen atoms in total. The first-order chi connectivity index (χ1) is 8.90. The molecule has 0 unspecified atom stereocenters. The van der Waals surface area contributed by atoms with E-state index in [-0.39, 0.29) is 11.6 Å². The molecule has 1 aliphatic rings. The van der Waals surface area contributed by atoms with Crippen molar-refractivity contribution in [2.45, 2.75) is 36.8 Å². The molecule has 1 aromatic rings. The quantitative estimate of drug-likeness (QED) is 0.889. The monoisotopic (exact) mass is 285 g/mol. The van der Waals surface area contributed by atoms with E-state index in [1.165, 1.54) is 25.1 Å². The van der Waals surface area contributed by atoms with Crippen molar-refractivity contribution in [3.63, 3.8) is 0 Å². The third kappa shape index (κ3) is 3.53. The number of carbonyl (C=O) groups excluding carboxylic acids is 1. The first-order valence-electron chi connectivity index (χ1n) is 6.15. The molecule has 0 aromatic heterocycles. The van der Waals surface area contributed by atoms with Gasteiger partial charge in [0.2, 0.25) is 5.91 Å². The molecule has 1 aliphatic carbocycles. The zero-order valence-corrected chi connectivity index (χ0v) is 11.4.